The maximum atomic E-state index is 9.57. The van der Waals surface area contributed by atoms with Crippen LogP contribution in [0.1, 0.15) is 5.69 Å². The quantitative estimate of drug-likeness (QED) is 0.765. The van der Waals surface area contributed by atoms with Gasteiger partial charge in [-0.1, -0.05) is 15.9 Å². The van der Waals surface area contributed by atoms with E-state index in [1.165, 1.54) is 0 Å². The van der Waals surface area contributed by atoms with Crippen LogP contribution in [0, 0.1) is 6.92 Å². The molecule has 0 aliphatic heterocycles. The number of benzene rings is 1. The second-order valence-electron chi connectivity index (χ2n) is 2.94. The third-order valence-electron chi connectivity index (χ3n) is 1.96. The number of pyridine rings is 1. The molecular formula is C10H8BrNO. The van der Waals surface area contributed by atoms with Gasteiger partial charge < -0.3 is 5.11 Å². The van der Waals surface area contributed by atoms with E-state index in [1.807, 2.05) is 19.1 Å². The maximum Gasteiger partial charge on any atom is 0.123 e. The molecule has 0 bridgehead atoms. The molecule has 2 aromatic rings. The highest BCUT2D eigenvalue weighted by Gasteiger charge is 2.03. The Morgan fingerprint density at radius 3 is 2.85 bits per heavy atom. The molecule has 0 amide bonds. The molecule has 0 unspecified atom stereocenters. The van der Waals surface area contributed by atoms with E-state index < -0.39 is 0 Å². The number of aryl methyl sites for hydroxylation is 1. The first-order chi connectivity index (χ1) is 6.18. The zero-order chi connectivity index (χ0) is 9.42. The average molecular weight is 238 g/mol. The van der Waals surface area contributed by atoms with Gasteiger partial charge in [-0.3, -0.25) is 4.98 Å². The molecule has 2 rings (SSSR count). The predicted octanol–water partition coefficient (Wildman–Crippen LogP) is 3.01. The van der Waals surface area contributed by atoms with Gasteiger partial charge in [0.25, 0.3) is 0 Å². The van der Waals surface area contributed by atoms with Crippen molar-refractivity contribution in [3.63, 3.8) is 0 Å². The number of aromatic nitrogens is 1. The molecule has 1 aromatic carbocycles. The van der Waals surface area contributed by atoms with E-state index in [9.17, 15) is 5.11 Å². The van der Waals surface area contributed by atoms with E-state index in [1.54, 1.807) is 12.3 Å². The number of rotatable bonds is 0. The molecule has 1 N–H and O–H groups in total. The standard InChI is InChI=1S/C10H8BrNO/c1-6-4-7-8(5-12-6)9(11)2-3-10(7)13/h2-5,13H,1H3. The molecule has 0 saturated carbocycles. The summed E-state index contributed by atoms with van der Waals surface area (Å²) in [6, 6.07) is 5.36. The van der Waals surface area contributed by atoms with E-state index in [-0.39, 0.29) is 0 Å². The Bertz CT molecular complexity index is 468. The van der Waals surface area contributed by atoms with Crippen molar-refractivity contribution in [2.45, 2.75) is 6.92 Å². The Balaban J connectivity index is 2.92. The highest BCUT2D eigenvalue weighted by atomic mass is 79.9. The average Bonchev–Trinajstić information content (AvgIpc) is 2.12. The van der Waals surface area contributed by atoms with Crippen molar-refractivity contribution in [2.75, 3.05) is 0 Å². The Morgan fingerprint density at radius 1 is 1.31 bits per heavy atom. The topological polar surface area (TPSA) is 33.1 Å². The fourth-order valence-corrected chi connectivity index (χ4v) is 1.74. The Kier molecular flexibility index (Phi) is 1.96. The van der Waals surface area contributed by atoms with E-state index in [4.69, 9.17) is 0 Å². The lowest BCUT2D eigenvalue weighted by molar-refractivity contribution is 0.481. The van der Waals surface area contributed by atoms with Gasteiger partial charge in [0.2, 0.25) is 0 Å². The minimum Gasteiger partial charge on any atom is -0.507 e. The van der Waals surface area contributed by atoms with E-state index in [2.05, 4.69) is 20.9 Å². The number of halogens is 1. The van der Waals surface area contributed by atoms with Gasteiger partial charge in [0.05, 0.1) is 0 Å². The zero-order valence-corrected chi connectivity index (χ0v) is 8.67. The summed E-state index contributed by atoms with van der Waals surface area (Å²) in [5, 5.41) is 11.3. The van der Waals surface area contributed by atoms with Crippen LogP contribution in [0.25, 0.3) is 10.8 Å². The summed E-state index contributed by atoms with van der Waals surface area (Å²) in [5.41, 5.74) is 0.904. The van der Waals surface area contributed by atoms with Gasteiger partial charge in [-0.15, -0.1) is 0 Å². The first-order valence-electron chi connectivity index (χ1n) is 3.92. The van der Waals surface area contributed by atoms with Gasteiger partial charge in [0, 0.05) is 27.1 Å². The lowest BCUT2D eigenvalue weighted by atomic mass is 10.1. The highest BCUT2D eigenvalue weighted by Crippen LogP contribution is 2.30. The van der Waals surface area contributed by atoms with Crippen LogP contribution >= 0.6 is 15.9 Å². The van der Waals surface area contributed by atoms with Gasteiger partial charge in [-0.05, 0) is 25.1 Å². The minimum atomic E-state index is 0.295. The van der Waals surface area contributed by atoms with Crippen LogP contribution in [-0.2, 0) is 0 Å². The lowest BCUT2D eigenvalue weighted by Gasteiger charge is -2.03. The number of phenols is 1. The van der Waals surface area contributed by atoms with Crippen LogP contribution in [0.3, 0.4) is 0 Å². The van der Waals surface area contributed by atoms with Gasteiger partial charge in [0.1, 0.15) is 5.75 Å². The van der Waals surface area contributed by atoms with Crippen LogP contribution < -0.4 is 0 Å². The smallest absolute Gasteiger partial charge is 0.123 e. The van der Waals surface area contributed by atoms with Gasteiger partial charge in [-0.2, -0.15) is 0 Å². The third kappa shape index (κ3) is 1.40. The lowest BCUT2D eigenvalue weighted by Crippen LogP contribution is -1.82. The summed E-state index contributed by atoms with van der Waals surface area (Å²) in [7, 11) is 0. The molecule has 1 heterocycles. The van der Waals surface area contributed by atoms with E-state index >= 15 is 0 Å². The summed E-state index contributed by atoms with van der Waals surface area (Å²) < 4.78 is 0.952. The Labute approximate surface area is 84.4 Å². The normalized spacial score (nSPS) is 10.6. The number of fused-ring (bicyclic) bond motifs is 1. The molecule has 3 heteroatoms. The molecule has 66 valence electrons. The Hall–Kier alpha value is -1.09. The number of hydrogen-bond donors (Lipinski definition) is 1. The van der Waals surface area contributed by atoms with Crippen molar-refractivity contribution in [2.24, 2.45) is 0 Å². The van der Waals surface area contributed by atoms with Gasteiger partial charge >= 0.3 is 0 Å². The van der Waals surface area contributed by atoms with Crippen molar-refractivity contribution < 1.29 is 5.11 Å². The Morgan fingerprint density at radius 2 is 2.08 bits per heavy atom. The second kappa shape index (κ2) is 3.00. The highest BCUT2D eigenvalue weighted by molar-refractivity contribution is 9.10. The van der Waals surface area contributed by atoms with Gasteiger partial charge in [-0.25, -0.2) is 0 Å². The molecule has 0 saturated heterocycles. The first kappa shape index (κ1) is 8.51. The summed E-state index contributed by atoms with van der Waals surface area (Å²) in [4.78, 5) is 4.17. The summed E-state index contributed by atoms with van der Waals surface area (Å²) in [6.07, 6.45) is 1.76. The molecule has 0 atom stereocenters. The molecule has 0 spiro atoms. The van der Waals surface area contributed by atoms with Crippen molar-refractivity contribution in [3.8, 4) is 5.75 Å². The minimum absolute atomic E-state index is 0.295. The van der Waals surface area contributed by atoms with Crippen LogP contribution in [-0.4, -0.2) is 10.1 Å². The molecule has 1 aromatic heterocycles. The monoisotopic (exact) mass is 237 g/mol. The van der Waals surface area contributed by atoms with Crippen LogP contribution in [0.5, 0.6) is 5.75 Å². The van der Waals surface area contributed by atoms with Crippen molar-refractivity contribution in [3.05, 3.63) is 34.6 Å². The number of hydrogen-bond acceptors (Lipinski definition) is 2. The van der Waals surface area contributed by atoms with Crippen molar-refractivity contribution in [1.29, 1.82) is 0 Å². The third-order valence-corrected chi connectivity index (χ3v) is 2.65. The van der Waals surface area contributed by atoms with Crippen LogP contribution in [0.2, 0.25) is 0 Å². The number of aromatic hydroxyl groups is 1. The SMILES string of the molecule is Cc1cc2c(O)ccc(Br)c2cn1. The molecule has 13 heavy (non-hydrogen) atoms. The number of nitrogens with zero attached hydrogens (tertiary/aromatic N) is 1. The van der Waals surface area contributed by atoms with Crippen LogP contribution in [0.4, 0.5) is 0 Å². The predicted molar refractivity (Wildman–Crippen MR) is 55.8 cm³/mol. The van der Waals surface area contributed by atoms with Gasteiger partial charge in [0.15, 0.2) is 0 Å². The molecule has 0 aliphatic carbocycles. The van der Waals surface area contributed by atoms with Crippen LogP contribution in [0.15, 0.2) is 28.9 Å². The zero-order valence-electron chi connectivity index (χ0n) is 7.08. The van der Waals surface area contributed by atoms with E-state index in [0.717, 1.165) is 20.9 Å². The first-order valence-corrected chi connectivity index (χ1v) is 4.71. The summed E-state index contributed by atoms with van der Waals surface area (Å²) in [6.45, 7) is 1.90. The van der Waals surface area contributed by atoms with E-state index in [0.29, 0.717) is 5.75 Å². The maximum absolute atomic E-state index is 9.57. The second-order valence-corrected chi connectivity index (χ2v) is 3.79. The fourth-order valence-electron chi connectivity index (χ4n) is 1.29. The number of phenolic OH excluding ortho intramolecular Hbond substituents is 1. The fraction of sp³-hybridized carbons (Fsp3) is 0.100. The van der Waals surface area contributed by atoms with Crippen molar-refractivity contribution >= 4 is 26.7 Å². The molecule has 0 aliphatic rings. The largest absolute Gasteiger partial charge is 0.507 e. The summed E-state index contributed by atoms with van der Waals surface area (Å²) >= 11 is 3.40. The molecule has 0 fully saturated rings. The van der Waals surface area contributed by atoms with Crippen molar-refractivity contribution in [1.82, 2.24) is 4.98 Å². The molecular weight excluding hydrogens is 230 g/mol. The molecule has 2 nitrogen and oxygen atoms in total. The summed E-state index contributed by atoms with van der Waals surface area (Å²) in [5.74, 6) is 0.295. The molecule has 0 radical (unpaired) electrons.